The van der Waals surface area contributed by atoms with E-state index in [4.69, 9.17) is 0 Å². The Labute approximate surface area is 98.3 Å². The summed E-state index contributed by atoms with van der Waals surface area (Å²) in [5.41, 5.74) is 2.81. The van der Waals surface area contributed by atoms with Crippen molar-refractivity contribution in [2.45, 2.75) is 39.5 Å². The van der Waals surface area contributed by atoms with Gasteiger partial charge in [-0.2, -0.15) is 0 Å². The van der Waals surface area contributed by atoms with Gasteiger partial charge >= 0.3 is 0 Å². The number of benzene rings is 2. The fourth-order valence-corrected chi connectivity index (χ4v) is 2.29. The second-order valence-electron chi connectivity index (χ2n) is 4.80. The van der Waals surface area contributed by atoms with Gasteiger partial charge in [-0.15, -0.1) is 0 Å². The van der Waals surface area contributed by atoms with Gasteiger partial charge in [-0.25, -0.2) is 0 Å². The van der Waals surface area contributed by atoms with E-state index in [1.165, 1.54) is 34.7 Å². The Kier molecular flexibility index (Phi) is 3.28. The normalized spacial score (nSPS) is 12.9. The number of hydrogen-bond donors (Lipinski definition) is 0. The molecule has 0 heteroatoms. The first-order valence-corrected chi connectivity index (χ1v) is 6.21. The average Bonchev–Trinajstić information content (AvgIpc) is 2.28. The molecule has 0 saturated carbocycles. The van der Waals surface area contributed by atoms with Crippen LogP contribution in [0.4, 0.5) is 0 Å². The van der Waals surface area contributed by atoms with Crippen molar-refractivity contribution >= 4 is 10.8 Å². The van der Waals surface area contributed by atoms with Crippen LogP contribution in [0.3, 0.4) is 0 Å². The Morgan fingerprint density at radius 3 is 2.44 bits per heavy atom. The molecule has 2 aromatic carbocycles. The molecule has 84 valence electrons. The van der Waals surface area contributed by atoms with Crippen LogP contribution in [0.15, 0.2) is 36.4 Å². The van der Waals surface area contributed by atoms with E-state index in [2.05, 4.69) is 57.2 Å². The zero-order valence-electron chi connectivity index (χ0n) is 10.5. The highest BCUT2D eigenvalue weighted by atomic mass is 14.1. The van der Waals surface area contributed by atoms with E-state index < -0.39 is 0 Å². The summed E-state index contributed by atoms with van der Waals surface area (Å²) in [6, 6.07) is 13.5. The molecule has 0 nitrogen and oxygen atoms in total. The predicted molar refractivity (Wildman–Crippen MR) is 72.0 cm³/mol. The van der Waals surface area contributed by atoms with Gasteiger partial charge in [0.1, 0.15) is 0 Å². The smallest absolute Gasteiger partial charge is 0.0181 e. The van der Waals surface area contributed by atoms with Gasteiger partial charge in [0, 0.05) is 0 Å². The van der Waals surface area contributed by atoms with E-state index in [0.717, 1.165) is 0 Å². The monoisotopic (exact) mass is 212 g/mol. The maximum atomic E-state index is 2.34. The molecule has 0 amide bonds. The van der Waals surface area contributed by atoms with Gasteiger partial charge in [-0.1, -0.05) is 62.2 Å². The number of hydrogen-bond acceptors (Lipinski definition) is 0. The predicted octanol–water partition coefficient (Wildman–Crippen LogP) is 5.05. The van der Waals surface area contributed by atoms with Crippen LogP contribution < -0.4 is 0 Å². The van der Waals surface area contributed by atoms with Crippen LogP contribution in [-0.2, 0) is 0 Å². The maximum Gasteiger partial charge on any atom is -0.0181 e. The highest BCUT2D eigenvalue weighted by molar-refractivity contribution is 5.83. The number of aryl methyl sites for hydroxylation is 1. The molecule has 0 fully saturated rings. The molecule has 0 aliphatic heterocycles. The van der Waals surface area contributed by atoms with Crippen LogP contribution in [0, 0.1) is 6.92 Å². The zero-order valence-corrected chi connectivity index (χ0v) is 10.5. The molecular weight excluding hydrogens is 192 g/mol. The summed E-state index contributed by atoms with van der Waals surface area (Å²) in [5.74, 6) is 0.677. The average molecular weight is 212 g/mol. The zero-order chi connectivity index (χ0) is 11.5. The molecule has 0 radical (unpaired) electrons. The van der Waals surface area contributed by atoms with Gasteiger partial charge in [0.2, 0.25) is 0 Å². The second kappa shape index (κ2) is 4.69. The molecular formula is C16H20. The van der Waals surface area contributed by atoms with E-state index in [0.29, 0.717) is 5.92 Å². The lowest BCUT2D eigenvalue weighted by Crippen LogP contribution is -1.92. The minimum absolute atomic E-state index is 0.677. The topological polar surface area (TPSA) is 0 Å². The standard InChI is InChI=1S/C16H20/c1-4-5-13(3)14-8-9-15-10-12(2)6-7-16(15)11-14/h6-11,13H,4-5H2,1-3H3. The quantitative estimate of drug-likeness (QED) is 0.667. The lowest BCUT2D eigenvalue weighted by atomic mass is 9.94. The molecule has 2 aromatic rings. The summed E-state index contributed by atoms with van der Waals surface area (Å²) >= 11 is 0. The summed E-state index contributed by atoms with van der Waals surface area (Å²) in [7, 11) is 0. The molecule has 2 rings (SSSR count). The van der Waals surface area contributed by atoms with E-state index >= 15 is 0 Å². The van der Waals surface area contributed by atoms with Crippen molar-refractivity contribution in [2.75, 3.05) is 0 Å². The van der Waals surface area contributed by atoms with Crippen LogP contribution in [0.5, 0.6) is 0 Å². The number of rotatable bonds is 3. The van der Waals surface area contributed by atoms with Crippen molar-refractivity contribution in [1.29, 1.82) is 0 Å². The van der Waals surface area contributed by atoms with Crippen LogP contribution in [-0.4, -0.2) is 0 Å². The molecule has 0 aliphatic carbocycles. The molecule has 0 N–H and O–H groups in total. The Hall–Kier alpha value is -1.30. The lowest BCUT2D eigenvalue weighted by molar-refractivity contribution is 0.665. The summed E-state index contributed by atoms with van der Waals surface area (Å²) in [6.45, 7) is 6.72. The second-order valence-corrected chi connectivity index (χ2v) is 4.80. The van der Waals surface area contributed by atoms with E-state index in [1.807, 2.05) is 0 Å². The third-order valence-corrected chi connectivity index (χ3v) is 3.31. The van der Waals surface area contributed by atoms with Crippen LogP contribution in [0.1, 0.15) is 43.7 Å². The van der Waals surface area contributed by atoms with Crippen molar-refractivity contribution in [3.63, 3.8) is 0 Å². The fourth-order valence-electron chi connectivity index (χ4n) is 2.29. The molecule has 1 unspecified atom stereocenters. The van der Waals surface area contributed by atoms with E-state index in [-0.39, 0.29) is 0 Å². The first-order chi connectivity index (χ1) is 7.70. The third kappa shape index (κ3) is 2.27. The highest BCUT2D eigenvalue weighted by Gasteiger charge is 2.04. The van der Waals surface area contributed by atoms with Crippen molar-refractivity contribution < 1.29 is 0 Å². The Morgan fingerprint density at radius 1 is 1.00 bits per heavy atom. The maximum absolute atomic E-state index is 2.34. The summed E-state index contributed by atoms with van der Waals surface area (Å²) in [6.07, 6.45) is 2.53. The van der Waals surface area contributed by atoms with Crippen molar-refractivity contribution in [3.05, 3.63) is 47.5 Å². The molecule has 0 bridgehead atoms. The van der Waals surface area contributed by atoms with Gasteiger partial charge in [-0.05, 0) is 35.6 Å². The van der Waals surface area contributed by atoms with Gasteiger partial charge in [0.05, 0.1) is 0 Å². The molecule has 0 saturated heterocycles. The summed E-state index contributed by atoms with van der Waals surface area (Å²) in [4.78, 5) is 0. The van der Waals surface area contributed by atoms with Crippen molar-refractivity contribution in [1.82, 2.24) is 0 Å². The largest absolute Gasteiger partial charge is 0.0654 e. The third-order valence-electron chi connectivity index (χ3n) is 3.31. The molecule has 1 atom stereocenters. The number of fused-ring (bicyclic) bond motifs is 1. The lowest BCUT2D eigenvalue weighted by Gasteiger charge is -2.11. The first kappa shape index (κ1) is 11.2. The highest BCUT2D eigenvalue weighted by Crippen LogP contribution is 2.25. The van der Waals surface area contributed by atoms with E-state index in [1.54, 1.807) is 0 Å². The van der Waals surface area contributed by atoms with Crippen LogP contribution >= 0.6 is 0 Å². The first-order valence-electron chi connectivity index (χ1n) is 6.21. The van der Waals surface area contributed by atoms with Crippen LogP contribution in [0.25, 0.3) is 10.8 Å². The SMILES string of the molecule is CCCC(C)c1ccc2cc(C)ccc2c1. The molecule has 0 heterocycles. The van der Waals surface area contributed by atoms with Gasteiger partial charge in [-0.3, -0.25) is 0 Å². The molecule has 0 aliphatic rings. The molecule has 16 heavy (non-hydrogen) atoms. The molecule has 0 spiro atoms. The summed E-state index contributed by atoms with van der Waals surface area (Å²) < 4.78 is 0. The van der Waals surface area contributed by atoms with Gasteiger partial charge < -0.3 is 0 Å². The minimum Gasteiger partial charge on any atom is -0.0654 e. The minimum atomic E-state index is 0.677. The Morgan fingerprint density at radius 2 is 1.69 bits per heavy atom. The van der Waals surface area contributed by atoms with Gasteiger partial charge in [0.25, 0.3) is 0 Å². The Balaban J connectivity index is 2.40. The van der Waals surface area contributed by atoms with E-state index in [9.17, 15) is 0 Å². The van der Waals surface area contributed by atoms with Crippen molar-refractivity contribution in [3.8, 4) is 0 Å². The van der Waals surface area contributed by atoms with Gasteiger partial charge in [0.15, 0.2) is 0 Å². The Bertz CT molecular complexity index is 482. The summed E-state index contributed by atoms with van der Waals surface area (Å²) in [5, 5.41) is 2.72. The van der Waals surface area contributed by atoms with Crippen molar-refractivity contribution in [2.24, 2.45) is 0 Å². The van der Waals surface area contributed by atoms with Crippen LogP contribution in [0.2, 0.25) is 0 Å². The molecule has 0 aromatic heterocycles. The fraction of sp³-hybridized carbons (Fsp3) is 0.375.